The minimum atomic E-state index is -0.535. The van der Waals surface area contributed by atoms with Gasteiger partial charge in [0.15, 0.2) is 0 Å². The van der Waals surface area contributed by atoms with Crippen LogP contribution in [0.15, 0.2) is 58.2 Å². The first kappa shape index (κ1) is 17.6. The van der Waals surface area contributed by atoms with E-state index in [0.717, 1.165) is 11.8 Å². The Morgan fingerprint density at radius 3 is 2.42 bits per heavy atom. The SMILES string of the molecule is NC(=O)c1ccc(NC(=O)CSc2nnc(-c3ccc(F)cc3)o2)cc1. The van der Waals surface area contributed by atoms with Crippen molar-refractivity contribution in [3.05, 3.63) is 59.9 Å². The van der Waals surface area contributed by atoms with Gasteiger partial charge in [-0.2, -0.15) is 0 Å². The van der Waals surface area contributed by atoms with Crippen LogP contribution in [0.5, 0.6) is 0 Å². The lowest BCUT2D eigenvalue weighted by Crippen LogP contribution is -2.15. The highest BCUT2D eigenvalue weighted by Gasteiger charge is 2.11. The minimum absolute atomic E-state index is 0.0582. The number of nitrogens with zero attached hydrogens (tertiary/aromatic N) is 2. The summed E-state index contributed by atoms with van der Waals surface area (Å²) in [5.74, 6) is -0.865. The van der Waals surface area contributed by atoms with E-state index in [1.165, 1.54) is 36.4 Å². The molecule has 1 heterocycles. The molecule has 2 amide bonds. The van der Waals surface area contributed by atoms with Gasteiger partial charge in [-0.1, -0.05) is 11.8 Å². The zero-order chi connectivity index (χ0) is 18.5. The molecule has 0 unspecified atom stereocenters. The predicted octanol–water partition coefficient (Wildman–Crippen LogP) is 2.71. The number of nitrogens with two attached hydrogens (primary N) is 1. The summed E-state index contributed by atoms with van der Waals surface area (Å²) in [6.07, 6.45) is 0. The Bertz CT molecular complexity index is 926. The number of halogens is 1. The lowest BCUT2D eigenvalue weighted by Gasteiger charge is -2.04. The van der Waals surface area contributed by atoms with E-state index in [1.807, 2.05) is 0 Å². The highest BCUT2D eigenvalue weighted by atomic mass is 32.2. The van der Waals surface area contributed by atoms with Crippen LogP contribution in [-0.4, -0.2) is 27.8 Å². The molecule has 0 aliphatic heterocycles. The number of anilines is 1. The standard InChI is InChI=1S/C17H13FN4O3S/c18-12-5-1-11(2-6-12)16-21-22-17(25-16)26-9-14(23)20-13-7-3-10(4-8-13)15(19)24/h1-8H,9H2,(H2,19,24)(H,20,23). The van der Waals surface area contributed by atoms with E-state index < -0.39 is 5.91 Å². The molecule has 0 aliphatic carbocycles. The number of rotatable bonds is 6. The molecule has 3 N–H and O–H groups in total. The van der Waals surface area contributed by atoms with Gasteiger partial charge in [0, 0.05) is 16.8 Å². The Morgan fingerprint density at radius 1 is 1.08 bits per heavy atom. The van der Waals surface area contributed by atoms with Crippen molar-refractivity contribution >= 4 is 29.3 Å². The van der Waals surface area contributed by atoms with Gasteiger partial charge in [0.25, 0.3) is 5.22 Å². The molecule has 0 atom stereocenters. The van der Waals surface area contributed by atoms with E-state index in [4.69, 9.17) is 10.2 Å². The van der Waals surface area contributed by atoms with Gasteiger partial charge in [-0.3, -0.25) is 9.59 Å². The quantitative estimate of drug-likeness (QED) is 0.644. The van der Waals surface area contributed by atoms with Crippen LogP contribution in [0.25, 0.3) is 11.5 Å². The van der Waals surface area contributed by atoms with Crippen LogP contribution in [0.4, 0.5) is 10.1 Å². The number of hydrogen-bond donors (Lipinski definition) is 2. The van der Waals surface area contributed by atoms with Crippen LogP contribution in [0.3, 0.4) is 0 Å². The summed E-state index contributed by atoms with van der Waals surface area (Å²) in [6, 6.07) is 11.9. The van der Waals surface area contributed by atoms with Crippen LogP contribution in [-0.2, 0) is 4.79 Å². The first-order valence-electron chi connectivity index (χ1n) is 7.43. The fourth-order valence-electron chi connectivity index (χ4n) is 2.02. The van der Waals surface area contributed by atoms with E-state index in [9.17, 15) is 14.0 Å². The fourth-order valence-corrected chi connectivity index (χ4v) is 2.58. The normalized spacial score (nSPS) is 10.5. The van der Waals surface area contributed by atoms with Gasteiger partial charge in [-0.25, -0.2) is 4.39 Å². The minimum Gasteiger partial charge on any atom is -0.411 e. The summed E-state index contributed by atoms with van der Waals surface area (Å²) in [7, 11) is 0. The second-order valence-corrected chi connectivity index (χ2v) is 6.09. The Labute approximate surface area is 151 Å². The van der Waals surface area contributed by atoms with Crippen molar-refractivity contribution in [1.82, 2.24) is 10.2 Å². The van der Waals surface area contributed by atoms with Crippen LogP contribution >= 0.6 is 11.8 Å². The maximum atomic E-state index is 12.9. The Kier molecular flexibility index (Phi) is 5.28. The molecule has 0 radical (unpaired) electrons. The summed E-state index contributed by atoms with van der Waals surface area (Å²) in [5.41, 5.74) is 6.64. The van der Waals surface area contributed by atoms with Crippen LogP contribution in [0.1, 0.15) is 10.4 Å². The Hall–Kier alpha value is -3.20. The molecule has 9 heteroatoms. The van der Waals surface area contributed by atoms with E-state index >= 15 is 0 Å². The van der Waals surface area contributed by atoms with Gasteiger partial charge in [0.05, 0.1) is 5.75 Å². The molecule has 0 aliphatic rings. The first-order chi connectivity index (χ1) is 12.5. The van der Waals surface area contributed by atoms with E-state index in [1.54, 1.807) is 12.1 Å². The van der Waals surface area contributed by atoms with Gasteiger partial charge < -0.3 is 15.5 Å². The third-order valence-corrected chi connectivity index (χ3v) is 4.10. The molecule has 26 heavy (non-hydrogen) atoms. The van der Waals surface area contributed by atoms with Gasteiger partial charge in [0.2, 0.25) is 17.7 Å². The third kappa shape index (κ3) is 4.45. The third-order valence-electron chi connectivity index (χ3n) is 3.28. The summed E-state index contributed by atoms with van der Waals surface area (Å²) in [6.45, 7) is 0. The summed E-state index contributed by atoms with van der Waals surface area (Å²) >= 11 is 1.07. The molecule has 0 bridgehead atoms. The number of amides is 2. The molecule has 0 fully saturated rings. The first-order valence-corrected chi connectivity index (χ1v) is 8.42. The van der Waals surface area contributed by atoms with E-state index in [-0.39, 0.29) is 28.6 Å². The van der Waals surface area contributed by atoms with Crippen molar-refractivity contribution in [3.8, 4) is 11.5 Å². The molecule has 3 aromatic rings. The zero-order valence-electron chi connectivity index (χ0n) is 13.3. The smallest absolute Gasteiger partial charge is 0.277 e. The van der Waals surface area contributed by atoms with Gasteiger partial charge in [0.1, 0.15) is 5.82 Å². The van der Waals surface area contributed by atoms with Crippen LogP contribution in [0.2, 0.25) is 0 Å². The molecule has 0 saturated carbocycles. The Balaban J connectivity index is 1.54. The van der Waals surface area contributed by atoms with Crippen molar-refractivity contribution in [2.45, 2.75) is 5.22 Å². The lowest BCUT2D eigenvalue weighted by atomic mass is 10.2. The Morgan fingerprint density at radius 2 is 1.77 bits per heavy atom. The van der Waals surface area contributed by atoms with Gasteiger partial charge >= 0.3 is 0 Å². The van der Waals surface area contributed by atoms with Crippen molar-refractivity contribution in [1.29, 1.82) is 0 Å². The molecule has 132 valence electrons. The van der Waals surface area contributed by atoms with Gasteiger partial charge in [-0.05, 0) is 48.5 Å². The molecule has 3 rings (SSSR count). The predicted molar refractivity (Wildman–Crippen MR) is 94.0 cm³/mol. The topological polar surface area (TPSA) is 111 Å². The van der Waals surface area contributed by atoms with Crippen molar-refractivity contribution in [2.24, 2.45) is 5.73 Å². The number of benzene rings is 2. The maximum absolute atomic E-state index is 12.9. The van der Waals surface area contributed by atoms with Crippen LogP contribution < -0.4 is 11.1 Å². The lowest BCUT2D eigenvalue weighted by molar-refractivity contribution is -0.113. The van der Waals surface area contributed by atoms with Crippen molar-refractivity contribution in [2.75, 3.05) is 11.1 Å². The molecule has 1 aromatic heterocycles. The van der Waals surface area contributed by atoms with Crippen molar-refractivity contribution in [3.63, 3.8) is 0 Å². The van der Waals surface area contributed by atoms with E-state index in [0.29, 0.717) is 16.8 Å². The fraction of sp³-hybridized carbons (Fsp3) is 0.0588. The average Bonchev–Trinajstić information content (AvgIpc) is 3.10. The van der Waals surface area contributed by atoms with Crippen molar-refractivity contribution < 1.29 is 18.4 Å². The average molecular weight is 372 g/mol. The molecule has 0 spiro atoms. The van der Waals surface area contributed by atoms with Crippen LogP contribution in [0, 0.1) is 5.82 Å². The van der Waals surface area contributed by atoms with Gasteiger partial charge in [-0.15, -0.1) is 10.2 Å². The largest absolute Gasteiger partial charge is 0.411 e. The molecular formula is C17H13FN4O3S. The monoisotopic (exact) mass is 372 g/mol. The number of hydrogen-bond acceptors (Lipinski definition) is 6. The number of carbonyl (C=O) groups excluding carboxylic acids is 2. The second kappa shape index (κ2) is 7.79. The van der Waals surface area contributed by atoms with E-state index in [2.05, 4.69) is 15.5 Å². The maximum Gasteiger partial charge on any atom is 0.277 e. The number of primary amides is 1. The highest BCUT2D eigenvalue weighted by Crippen LogP contribution is 2.23. The number of carbonyl (C=O) groups is 2. The highest BCUT2D eigenvalue weighted by molar-refractivity contribution is 7.99. The molecule has 7 nitrogen and oxygen atoms in total. The number of thioether (sulfide) groups is 1. The number of nitrogens with one attached hydrogen (secondary N) is 1. The summed E-state index contributed by atoms with van der Waals surface area (Å²) in [5, 5.41) is 10.6. The molecule has 2 aromatic carbocycles. The summed E-state index contributed by atoms with van der Waals surface area (Å²) in [4.78, 5) is 23.0. The molecule has 0 saturated heterocycles. The number of aromatic nitrogens is 2. The molecular weight excluding hydrogens is 359 g/mol. The zero-order valence-corrected chi connectivity index (χ0v) is 14.1. The summed E-state index contributed by atoms with van der Waals surface area (Å²) < 4.78 is 18.4. The second-order valence-electron chi connectivity index (χ2n) is 5.16.